The molecule has 2 aliphatic heterocycles. The van der Waals surface area contributed by atoms with Gasteiger partial charge in [0.25, 0.3) is 0 Å². The minimum Gasteiger partial charge on any atom is -0.475 e. The predicted molar refractivity (Wildman–Crippen MR) is 143 cm³/mol. The van der Waals surface area contributed by atoms with Crippen molar-refractivity contribution in [2.24, 2.45) is 0 Å². The summed E-state index contributed by atoms with van der Waals surface area (Å²) >= 11 is 0. The van der Waals surface area contributed by atoms with Crippen molar-refractivity contribution in [3.8, 4) is 0 Å². The predicted octanol–water partition coefficient (Wildman–Crippen LogP) is 4.08. The number of morpholine rings is 1. The first kappa shape index (κ1) is 41.5. The summed E-state index contributed by atoms with van der Waals surface area (Å²) in [6.07, 6.45) is -11.5. The zero-order valence-corrected chi connectivity index (χ0v) is 24.8. The number of halogens is 9. The Morgan fingerprint density at radius 3 is 1.69 bits per heavy atom. The molecular formula is C27H29F9N4O8. The van der Waals surface area contributed by atoms with Gasteiger partial charge in [-0.1, -0.05) is 12.1 Å². The molecule has 21 heteroatoms. The SMILES string of the molecule is Cc1cccc(CN2CC3(CCN(Cc4ccccn4)CC3)OCC2=O)n1.O=C(O)C(F)(F)F.O=C(O)C(F)(F)F.O=C(O)C(F)(F)F. The van der Waals surface area contributed by atoms with Crippen molar-refractivity contribution in [3.05, 3.63) is 59.7 Å². The van der Waals surface area contributed by atoms with Gasteiger partial charge in [0.1, 0.15) is 6.61 Å². The summed E-state index contributed by atoms with van der Waals surface area (Å²) in [6, 6.07) is 12.0. The molecule has 0 radical (unpaired) electrons. The van der Waals surface area contributed by atoms with E-state index in [0.29, 0.717) is 13.1 Å². The van der Waals surface area contributed by atoms with Gasteiger partial charge in [-0.2, -0.15) is 39.5 Å². The number of aromatic nitrogens is 2. The minimum absolute atomic E-state index is 0.0554. The number of carbonyl (C=O) groups is 4. The maximum absolute atomic E-state index is 12.4. The van der Waals surface area contributed by atoms with E-state index in [2.05, 4.69) is 20.9 Å². The van der Waals surface area contributed by atoms with E-state index in [0.717, 1.165) is 49.6 Å². The Hall–Kier alpha value is -4.53. The highest BCUT2D eigenvalue weighted by molar-refractivity contribution is 5.78. The first-order chi connectivity index (χ1) is 21.9. The Morgan fingerprint density at radius 2 is 1.27 bits per heavy atom. The number of aryl methyl sites for hydroxylation is 1. The van der Waals surface area contributed by atoms with Crippen LogP contribution in [0.3, 0.4) is 0 Å². The molecule has 268 valence electrons. The number of aliphatic carboxylic acids is 3. The maximum atomic E-state index is 12.4. The number of pyridine rings is 2. The summed E-state index contributed by atoms with van der Waals surface area (Å²) in [6.45, 7) is 6.15. The molecule has 2 aromatic rings. The van der Waals surface area contributed by atoms with Gasteiger partial charge in [0, 0.05) is 31.5 Å². The smallest absolute Gasteiger partial charge is 0.475 e. The van der Waals surface area contributed by atoms with Gasteiger partial charge < -0.3 is 25.0 Å². The number of ether oxygens (including phenoxy) is 1. The van der Waals surface area contributed by atoms with E-state index in [1.165, 1.54) is 0 Å². The summed E-state index contributed by atoms with van der Waals surface area (Å²) in [5.41, 5.74) is 2.79. The fourth-order valence-corrected chi connectivity index (χ4v) is 3.96. The van der Waals surface area contributed by atoms with E-state index in [9.17, 15) is 44.3 Å². The Balaban J connectivity index is 0.000000448. The number of amides is 1. The molecule has 0 aromatic carbocycles. The summed E-state index contributed by atoms with van der Waals surface area (Å²) in [4.78, 5) is 52.4. The quantitative estimate of drug-likeness (QED) is 0.391. The molecule has 2 saturated heterocycles. The second-order valence-electron chi connectivity index (χ2n) is 10.00. The highest BCUT2D eigenvalue weighted by Gasteiger charge is 2.42. The van der Waals surface area contributed by atoms with Gasteiger partial charge in [-0.05, 0) is 44.0 Å². The van der Waals surface area contributed by atoms with Crippen LogP contribution in [-0.2, 0) is 37.0 Å². The van der Waals surface area contributed by atoms with Crippen LogP contribution in [0.4, 0.5) is 39.5 Å². The van der Waals surface area contributed by atoms with Crippen LogP contribution >= 0.6 is 0 Å². The molecule has 2 aromatic heterocycles. The van der Waals surface area contributed by atoms with E-state index in [1.807, 2.05) is 48.4 Å². The third-order valence-corrected chi connectivity index (χ3v) is 6.24. The van der Waals surface area contributed by atoms with Crippen LogP contribution in [-0.4, -0.2) is 109 Å². The molecule has 12 nitrogen and oxygen atoms in total. The zero-order chi connectivity index (χ0) is 36.9. The van der Waals surface area contributed by atoms with E-state index in [4.69, 9.17) is 34.4 Å². The lowest BCUT2D eigenvalue weighted by Gasteiger charge is -2.47. The number of piperidine rings is 1. The third kappa shape index (κ3) is 15.4. The molecule has 0 saturated carbocycles. The Morgan fingerprint density at radius 1 is 0.792 bits per heavy atom. The van der Waals surface area contributed by atoms with Gasteiger partial charge in [-0.3, -0.25) is 19.7 Å². The molecule has 0 bridgehead atoms. The first-order valence-corrected chi connectivity index (χ1v) is 13.3. The van der Waals surface area contributed by atoms with Crippen LogP contribution in [0.2, 0.25) is 0 Å². The molecule has 4 rings (SSSR count). The summed E-state index contributed by atoms with van der Waals surface area (Å²) in [5.74, 6) is -8.22. The van der Waals surface area contributed by atoms with Gasteiger partial charge in [0.2, 0.25) is 5.91 Å². The number of hydrogen-bond donors (Lipinski definition) is 3. The Bertz CT molecular complexity index is 1310. The monoisotopic (exact) mass is 708 g/mol. The molecular weight excluding hydrogens is 679 g/mol. The topological polar surface area (TPSA) is 170 Å². The molecule has 1 amide bonds. The standard InChI is InChI=1S/C21H26N4O2.3C2HF3O2/c1-17-5-4-7-19(23-17)14-25-16-21(27-15-20(25)26)8-11-24(12-9-21)13-18-6-2-3-10-22-18;3*3-2(4,5)1(6)7/h2-7,10H,8-9,11-16H2,1H3;3*(H,6,7). The molecule has 48 heavy (non-hydrogen) atoms. The molecule has 0 unspecified atom stereocenters. The average molecular weight is 709 g/mol. The molecule has 2 fully saturated rings. The van der Waals surface area contributed by atoms with E-state index >= 15 is 0 Å². The largest absolute Gasteiger partial charge is 0.490 e. The normalized spacial score (nSPS) is 16.3. The third-order valence-electron chi connectivity index (χ3n) is 6.24. The molecule has 2 aliphatic rings. The fourth-order valence-electron chi connectivity index (χ4n) is 3.96. The molecule has 4 heterocycles. The fraction of sp³-hybridized carbons (Fsp3) is 0.481. The second-order valence-corrected chi connectivity index (χ2v) is 10.00. The Labute approximate surface area is 265 Å². The summed E-state index contributed by atoms with van der Waals surface area (Å²) in [5, 5.41) is 21.4. The molecule has 0 atom stereocenters. The van der Waals surface area contributed by atoms with Crippen LogP contribution in [0.1, 0.15) is 29.9 Å². The van der Waals surface area contributed by atoms with Crippen LogP contribution in [0.5, 0.6) is 0 Å². The molecule has 3 N–H and O–H groups in total. The lowest BCUT2D eigenvalue weighted by atomic mass is 9.89. The summed E-state index contributed by atoms with van der Waals surface area (Å²) in [7, 11) is 0. The zero-order valence-electron chi connectivity index (χ0n) is 24.8. The van der Waals surface area contributed by atoms with E-state index in [-0.39, 0.29) is 18.1 Å². The van der Waals surface area contributed by atoms with Crippen LogP contribution in [0.25, 0.3) is 0 Å². The van der Waals surface area contributed by atoms with Gasteiger partial charge in [-0.15, -0.1) is 0 Å². The number of hydrogen-bond acceptors (Lipinski definition) is 8. The number of nitrogens with zero attached hydrogens (tertiary/aromatic N) is 4. The number of rotatable bonds is 4. The van der Waals surface area contributed by atoms with Gasteiger partial charge in [-0.25, -0.2) is 14.4 Å². The average Bonchev–Trinajstić information content (AvgIpc) is 2.96. The number of alkyl halides is 9. The van der Waals surface area contributed by atoms with Crippen molar-refractivity contribution in [1.82, 2.24) is 19.8 Å². The highest BCUT2D eigenvalue weighted by atomic mass is 19.4. The lowest BCUT2D eigenvalue weighted by Crippen LogP contribution is -2.58. The van der Waals surface area contributed by atoms with Gasteiger partial charge in [0.15, 0.2) is 0 Å². The number of carbonyl (C=O) groups excluding carboxylic acids is 1. The van der Waals surface area contributed by atoms with Crippen LogP contribution in [0.15, 0.2) is 42.6 Å². The summed E-state index contributed by atoms with van der Waals surface area (Å²) < 4.78 is 101. The lowest BCUT2D eigenvalue weighted by molar-refractivity contribution is -0.193. The van der Waals surface area contributed by atoms with Crippen LogP contribution < -0.4 is 0 Å². The van der Waals surface area contributed by atoms with Gasteiger partial charge >= 0.3 is 36.4 Å². The van der Waals surface area contributed by atoms with E-state index in [1.54, 1.807) is 0 Å². The number of carboxylic acid groups (broad SMARTS) is 3. The molecule has 1 spiro atoms. The second kappa shape index (κ2) is 17.6. The first-order valence-electron chi connectivity index (χ1n) is 13.3. The van der Waals surface area contributed by atoms with Gasteiger partial charge in [0.05, 0.1) is 30.1 Å². The van der Waals surface area contributed by atoms with E-state index < -0.39 is 36.4 Å². The van der Waals surface area contributed by atoms with Crippen molar-refractivity contribution in [2.45, 2.75) is 57.0 Å². The van der Waals surface area contributed by atoms with Crippen molar-refractivity contribution >= 4 is 23.8 Å². The number of likely N-dealkylation sites (tertiary alicyclic amines) is 1. The van der Waals surface area contributed by atoms with Crippen molar-refractivity contribution in [1.29, 1.82) is 0 Å². The van der Waals surface area contributed by atoms with Crippen molar-refractivity contribution in [3.63, 3.8) is 0 Å². The number of carboxylic acids is 3. The highest BCUT2D eigenvalue weighted by Crippen LogP contribution is 2.31. The van der Waals surface area contributed by atoms with Crippen LogP contribution in [0, 0.1) is 6.92 Å². The Kier molecular flexibility index (Phi) is 15.2. The van der Waals surface area contributed by atoms with Crippen molar-refractivity contribution in [2.75, 3.05) is 26.2 Å². The minimum atomic E-state index is -5.08. The van der Waals surface area contributed by atoms with Crippen molar-refractivity contribution < 1.29 is 78.7 Å². The molecule has 0 aliphatic carbocycles. The maximum Gasteiger partial charge on any atom is 0.490 e.